The lowest BCUT2D eigenvalue weighted by Crippen LogP contribution is -2.28. The molecule has 0 saturated heterocycles. The van der Waals surface area contributed by atoms with Crippen molar-refractivity contribution >= 4 is 30.0 Å². The summed E-state index contributed by atoms with van der Waals surface area (Å²) in [5.41, 5.74) is 2.12. The molecule has 0 unspecified atom stereocenters. The summed E-state index contributed by atoms with van der Waals surface area (Å²) < 4.78 is 21.0. The van der Waals surface area contributed by atoms with Gasteiger partial charge in [0.05, 0.1) is 26.4 Å². The van der Waals surface area contributed by atoms with Crippen molar-refractivity contribution in [1.82, 2.24) is 10.2 Å². The van der Waals surface area contributed by atoms with Crippen molar-refractivity contribution < 1.29 is 33.3 Å². The second kappa shape index (κ2) is 34.5. The third kappa shape index (κ3) is 29.8. The minimum atomic E-state index is -0.567. The molecule has 0 aliphatic heterocycles. The third-order valence-electron chi connectivity index (χ3n) is 9.15. The summed E-state index contributed by atoms with van der Waals surface area (Å²) in [5.74, 6) is -0.0713. The van der Waals surface area contributed by atoms with Crippen molar-refractivity contribution in [3.63, 3.8) is 0 Å². The average molecular weight is 746 g/mol. The van der Waals surface area contributed by atoms with Gasteiger partial charge in [0, 0.05) is 32.4 Å². The summed E-state index contributed by atoms with van der Waals surface area (Å²) in [4.78, 5) is 40.6. The van der Waals surface area contributed by atoms with Gasteiger partial charge in [-0.3, -0.25) is 4.79 Å². The van der Waals surface area contributed by atoms with Crippen LogP contribution in [0.5, 0.6) is 0 Å². The molecule has 1 rings (SSSR count). The van der Waals surface area contributed by atoms with Gasteiger partial charge < -0.3 is 34.1 Å². The van der Waals surface area contributed by atoms with Crippen LogP contribution in [0.1, 0.15) is 148 Å². The van der Waals surface area contributed by atoms with Gasteiger partial charge in [-0.15, -0.1) is 0 Å². The Hall–Kier alpha value is -3.27. The molecule has 1 N–H and O–H groups in total. The molecule has 1 aromatic carbocycles. The zero-order valence-electron chi connectivity index (χ0n) is 34.0. The Balaban J connectivity index is 2.29. The highest BCUT2D eigenvalue weighted by Crippen LogP contribution is 2.13. The number of nitrogens with zero attached hydrogens (tertiary/aromatic N) is 2. The number of nitrogens with one attached hydrogen (secondary N) is 1. The van der Waals surface area contributed by atoms with Gasteiger partial charge in [-0.05, 0) is 94.8 Å². The van der Waals surface area contributed by atoms with E-state index in [4.69, 9.17) is 18.9 Å². The standard InChI is InChI=1S/C43H75N3O7/c1-5-7-9-11-15-21-35-50-42(48)52-37-23-19-33-46(34-20-24-38-53-43(49)51-36-22-16-12-10-8-6-2)32-18-14-13-17-31-44-41(47)30-27-39-25-28-40(29-26-39)45(3)4/h25-30H,5-24,31-38H2,1-4H3,(H,44,47)/b30-27+. The molecule has 0 spiro atoms. The van der Waals surface area contributed by atoms with E-state index in [9.17, 15) is 14.4 Å². The third-order valence-corrected chi connectivity index (χ3v) is 9.15. The van der Waals surface area contributed by atoms with Crippen molar-refractivity contribution in [2.24, 2.45) is 0 Å². The van der Waals surface area contributed by atoms with E-state index in [1.807, 2.05) is 49.3 Å². The van der Waals surface area contributed by atoms with Crippen molar-refractivity contribution in [3.05, 3.63) is 35.9 Å². The van der Waals surface area contributed by atoms with Crippen molar-refractivity contribution in [2.75, 3.05) is 71.6 Å². The SMILES string of the molecule is CCCCCCCCOC(=O)OCCCCN(CCCCCCNC(=O)/C=C/c1ccc(N(C)C)cc1)CCCCOC(=O)OCCCCCCCC. The van der Waals surface area contributed by atoms with E-state index in [1.54, 1.807) is 6.08 Å². The number of anilines is 1. The number of ether oxygens (including phenoxy) is 4. The second-order valence-corrected chi connectivity index (χ2v) is 14.2. The quantitative estimate of drug-likeness (QED) is 0.0419. The maximum atomic E-state index is 12.3. The van der Waals surface area contributed by atoms with E-state index in [0.717, 1.165) is 108 Å². The zero-order chi connectivity index (χ0) is 38.6. The fraction of sp³-hybridized carbons (Fsp3) is 0.744. The minimum Gasteiger partial charge on any atom is -0.434 e. The zero-order valence-corrected chi connectivity index (χ0v) is 34.0. The van der Waals surface area contributed by atoms with Gasteiger partial charge >= 0.3 is 12.3 Å². The molecule has 53 heavy (non-hydrogen) atoms. The van der Waals surface area contributed by atoms with Crippen LogP contribution in [0.4, 0.5) is 15.3 Å². The van der Waals surface area contributed by atoms with Crippen LogP contribution in [-0.4, -0.2) is 89.8 Å². The number of benzene rings is 1. The van der Waals surface area contributed by atoms with Crippen molar-refractivity contribution in [1.29, 1.82) is 0 Å². The molecule has 0 aromatic heterocycles. The van der Waals surface area contributed by atoms with Crippen molar-refractivity contribution in [3.8, 4) is 0 Å². The molecular weight excluding hydrogens is 670 g/mol. The van der Waals surface area contributed by atoms with Crippen LogP contribution in [0.25, 0.3) is 6.08 Å². The van der Waals surface area contributed by atoms with Crippen LogP contribution in [0.3, 0.4) is 0 Å². The predicted octanol–water partition coefficient (Wildman–Crippen LogP) is 10.3. The summed E-state index contributed by atoms with van der Waals surface area (Å²) >= 11 is 0. The smallest absolute Gasteiger partial charge is 0.434 e. The monoisotopic (exact) mass is 746 g/mol. The summed E-state index contributed by atoms with van der Waals surface area (Å²) in [6, 6.07) is 8.09. The number of amides is 1. The lowest BCUT2D eigenvalue weighted by atomic mass is 10.1. The molecule has 0 atom stereocenters. The van der Waals surface area contributed by atoms with Crippen LogP contribution in [0.2, 0.25) is 0 Å². The molecule has 0 bridgehead atoms. The Morgan fingerprint density at radius 3 is 1.42 bits per heavy atom. The van der Waals surface area contributed by atoms with E-state index in [-0.39, 0.29) is 5.91 Å². The first kappa shape index (κ1) is 47.8. The molecule has 0 aliphatic rings. The predicted molar refractivity (Wildman–Crippen MR) is 218 cm³/mol. The lowest BCUT2D eigenvalue weighted by molar-refractivity contribution is -0.116. The van der Waals surface area contributed by atoms with Crippen LogP contribution in [0.15, 0.2) is 30.3 Å². The molecule has 0 heterocycles. The van der Waals surface area contributed by atoms with Gasteiger partial charge in [-0.1, -0.05) is 103 Å². The Bertz CT molecular complexity index is 1020. The van der Waals surface area contributed by atoms with Gasteiger partial charge in [0.25, 0.3) is 0 Å². The Labute approximate surface area is 322 Å². The summed E-state index contributed by atoms with van der Waals surface area (Å²) in [7, 11) is 4.01. The normalized spacial score (nSPS) is 11.2. The molecular formula is C43H75N3O7. The molecule has 1 amide bonds. The number of hydrogen-bond acceptors (Lipinski definition) is 9. The van der Waals surface area contributed by atoms with Crippen LogP contribution in [-0.2, 0) is 23.7 Å². The topological polar surface area (TPSA) is 107 Å². The highest BCUT2D eigenvalue weighted by atomic mass is 16.7. The fourth-order valence-electron chi connectivity index (χ4n) is 5.82. The van der Waals surface area contributed by atoms with E-state index in [0.29, 0.717) is 33.0 Å². The molecule has 0 saturated carbocycles. The summed E-state index contributed by atoms with van der Waals surface area (Å²) in [5, 5.41) is 2.99. The average Bonchev–Trinajstić information content (AvgIpc) is 3.15. The maximum absolute atomic E-state index is 12.3. The largest absolute Gasteiger partial charge is 0.508 e. The van der Waals surface area contributed by atoms with Gasteiger partial charge in [0.2, 0.25) is 5.91 Å². The van der Waals surface area contributed by atoms with Gasteiger partial charge in [0.15, 0.2) is 0 Å². The fourth-order valence-corrected chi connectivity index (χ4v) is 5.82. The first-order chi connectivity index (χ1) is 25.8. The summed E-state index contributed by atoms with van der Waals surface area (Å²) in [6.45, 7) is 9.45. The van der Waals surface area contributed by atoms with Crippen LogP contribution < -0.4 is 10.2 Å². The molecule has 10 nitrogen and oxygen atoms in total. The van der Waals surface area contributed by atoms with Crippen molar-refractivity contribution in [2.45, 2.75) is 142 Å². The summed E-state index contributed by atoms with van der Waals surface area (Å²) in [6.07, 6.45) is 23.6. The highest BCUT2D eigenvalue weighted by molar-refractivity contribution is 5.91. The first-order valence-electron chi connectivity index (χ1n) is 20.9. The number of rotatable bonds is 34. The van der Waals surface area contributed by atoms with E-state index in [2.05, 4.69) is 24.1 Å². The highest BCUT2D eigenvalue weighted by Gasteiger charge is 2.09. The Morgan fingerprint density at radius 2 is 0.943 bits per heavy atom. The maximum Gasteiger partial charge on any atom is 0.508 e. The van der Waals surface area contributed by atoms with Gasteiger partial charge in [-0.2, -0.15) is 0 Å². The minimum absolute atomic E-state index is 0.0713. The molecule has 0 fully saturated rings. The second-order valence-electron chi connectivity index (χ2n) is 14.2. The van der Waals surface area contributed by atoms with Crippen LogP contribution in [0, 0.1) is 0 Å². The lowest BCUT2D eigenvalue weighted by Gasteiger charge is -2.22. The van der Waals surface area contributed by atoms with Gasteiger partial charge in [-0.25, -0.2) is 9.59 Å². The number of carbonyl (C=O) groups excluding carboxylic acids is 3. The Morgan fingerprint density at radius 1 is 0.547 bits per heavy atom. The van der Waals surface area contributed by atoms with Crippen LogP contribution >= 0.6 is 0 Å². The Kier molecular flexibility index (Phi) is 31.1. The molecule has 10 heteroatoms. The van der Waals surface area contributed by atoms with Gasteiger partial charge in [0.1, 0.15) is 0 Å². The van der Waals surface area contributed by atoms with E-state index in [1.165, 1.54) is 51.4 Å². The first-order valence-corrected chi connectivity index (χ1v) is 20.9. The number of unbranched alkanes of at least 4 members (excludes halogenated alkanes) is 15. The molecule has 1 aromatic rings. The number of hydrogen-bond donors (Lipinski definition) is 1. The number of carbonyl (C=O) groups is 3. The molecule has 0 radical (unpaired) electrons. The molecule has 0 aliphatic carbocycles. The van der Waals surface area contributed by atoms with E-state index >= 15 is 0 Å². The van der Waals surface area contributed by atoms with E-state index < -0.39 is 12.3 Å². The molecule has 304 valence electrons.